The number of nitrogens with zero attached hydrogens (tertiary/aromatic N) is 2. The molecule has 2 atom stereocenters. The maximum atomic E-state index is 12.8. The molecule has 1 aliphatic rings. The third-order valence-electron chi connectivity index (χ3n) is 3.82. The summed E-state index contributed by atoms with van der Waals surface area (Å²) in [6.45, 7) is -0.128. The summed E-state index contributed by atoms with van der Waals surface area (Å²) in [6.07, 6.45) is -0.225. The quantitative estimate of drug-likeness (QED) is 0.752. The van der Waals surface area contributed by atoms with Gasteiger partial charge in [-0.1, -0.05) is 12.1 Å². The van der Waals surface area contributed by atoms with Crippen molar-refractivity contribution in [3.8, 4) is 6.07 Å². The number of halogens is 1. The summed E-state index contributed by atoms with van der Waals surface area (Å²) in [5.41, 5.74) is 0.932. The van der Waals surface area contributed by atoms with Crippen LogP contribution in [0, 0.1) is 17.2 Å². The molecule has 1 N–H and O–H groups in total. The van der Waals surface area contributed by atoms with Gasteiger partial charge in [-0.05, 0) is 17.7 Å². The van der Waals surface area contributed by atoms with E-state index in [9.17, 15) is 27.0 Å². The van der Waals surface area contributed by atoms with Gasteiger partial charge >= 0.3 is 16.2 Å². The number of amides is 1. The smallest absolute Gasteiger partial charge is 0.326 e. The molecule has 7 nitrogen and oxygen atoms in total. The largest absolute Gasteiger partial charge is 0.480 e. The predicted molar refractivity (Wildman–Crippen MR) is 81.0 cm³/mol. The van der Waals surface area contributed by atoms with E-state index in [2.05, 4.69) is 0 Å². The van der Waals surface area contributed by atoms with Crippen LogP contribution in [0.4, 0.5) is 3.89 Å². The first kappa shape index (κ1) is 17.9. The molecular weight excluding hydrogens is 339 g/mol. The van der Waals surface area contributed by atoms with Crippen LogP contribution < -0.4 is 0 Å². The van der Waals surface area contributed by atoms with Crippen molar-refractivity contribution in [3.05, 3.63) is 35.4 Å². The second-order valence-corrected chi connectivity index (χ2v) is 7.10. The van der Waals surface area contributed by atoms with Gasteiger partial charge < -0.3 is 10.0 Å². The second-order valence-electron chi connectivity index (χ2n) is 5.69. The Morgan fingerprint density at radius 3 is 2.79 bits per heavy atom. The van der Waals surface area contributed by atoms with Gasteiger partial charge in [0.15, 0.2) is 0 Å². The van der Waals surface area contributed by atoms with Crippen molar-refractivity contribution in [1.29, 1.82) is 5.26 Å². The minimum atomic E-state index is -4.73. The van der Waals surface area contributed by atoms with E-state index < -0.39 is 39.8 Å². The van der Waals surface area contributed by atoms with Crippen molar-refractivity contribution in [3.63, 3.8) is 0 Å². The second kappa shape index (κ2) is 6.97. The lowest BCUT2D eigenvalue weighted by Gasteiger charge is -2.24. The maximum absolute atomic E-state index is 12.8. The highest BCUT2D eigenvalue weighted by atomic mass is 32.3. The summed E-state index contributed by atoms with van der Waals surface area (Å²) >= 11 is 0. The normalized spacial score (nSPS) is 19.1. The summed E-state index contributed by atoms with van der Waals surface area (Å²) in [5.74, 6) is -3.33. The van der Waals surface area contributed by atoms with E-state index in [-0.39, 0.29) is 19.4 Å². The molecule has 1 heterocycles. The summed E-state index contributed by atoms with van der Waals surface area (Å²) < 4.78 is 34.2. The molecule has 128 valence electrons. The monoisotopic (exact) mass is 354 g/mol. The minimum Gasteiger partial charge on any atom is -0.480 e. The fourth-order valence-corrected chi connectivity index (χ4v) is 3.61. The van der Waals surface area contributed by atoms with Gasteiger partial charge in [-0.3, -0.25) is 4.79 Å². The number of nitriles is 1. The van der Waals surface area contributed by atoms with E-state index in [4.69, 9.17) is 5.26 Å². The van der Waals surface area contributed by atoms with E-state index in [0.717, 1.165) is 4.90 Å². The van der Waals surface area contributed by atoms with E-state index in [1.54, 1.807) is 18.2 Å². The minimum absolute atomic E-state index is 0.0221. The van der Waals surface area contributed by atoms with Gasteiger partial charge in [0.2, 0.25) is 5.91 Å². The zero-order valence-electron chi connectivity index (χ0n) is 12.6. The number of hydrogen-bond donors (Lipinski definition) is 1. The Morgan fingerprint density at radius 1 is 1.50 bits per heavy atom. The number of aliphatic carboxylic acids is 1. The van der Waals surface area contributed by atoms with Crippen LogP contribution in [0.2, 0.25) is 0 Å². The maximum Gasteiger partial charge on any atom is 0.326 e. The van der Waals surface area contributed by atoms with Gasteiger partial charge in [-0.2, -0.15) is 13.7 Å². The Bertz CT molecular complexity index is 802. The van der Waals surface area contributed by atoms with Crippen molar-refractivity contribution in [2.24, 2.45) is 5.92 Å². The van der Waals surface area contributed by atoms with Gasteiger partial charge in [0.25, 0.3) is 0 Å². The van der Waals surface area contributed by atoms with E-state index in [1.807, 2.05) is 6.07 Å². The highest BCUT2D eigenvalue weighted by molar-refractivity contribution is 7.86. The first-order chi connectivity index (χ1) is 11.2. The molecule has 1 aromatic carbocycles. The standard InChI is InChI=1S/C15H15FN2O5S/c16-24(22,23)9-12-6-14(19)18(8-12)13(15(20)21)5-10-2-1-3-11(4-10)7-17/h1-4,12-13H,5-6,8-9H2,(H,20,21)/t12?,13-/m0/s1. The van der Waals surface area contributed by atoms with Crippen LogP contribution in [-0.2, 0) is 26.2 Å². The number of carboxylic acids is 1. The number of benzene rings is 1. The average molecular weight is 354 g/mol. The first-order valence-corrected chi connectivity index (χ1v) is 8.68. The molecule has 1 aliphatic heterocycles. The Balaban J connectivity index is 2.17. The van der Waals surface area contributed by atoms with Crippen LogP contribution in [-0.4, -0.2) is 48.6 Å². The SMILES string of the molecule is N#Cc1cccc(C[C@@H](C(=O)O)N2CC(CS(=O)(=O)F)CC2=O)c1. The van der Waals surface area contributed by atoms with E-state index in [0.29, 0.717) is 11.1 Å². The van der Waals surface area contributed by atoms with Crippen molar-refractivity contribution < 1.29 is 27.0 Å². The van der Waals surface area contributed by atoms with Gasteiger partial charge in [-0.25, -0.2) is 4.79 Å². The number of carbonyl (C=O) groups is 2. The number of rotatable bonds is 6. The molecule has 9 heteroatoms. The summed E-state index contributed by atoms with van der Waals surface area (Å²) in [6, 6.07) is 7.10. The lowest BCUT2D eigenvalue weighted by atomic mass is 10.0. The first-order valence-electron chi connectivity index (χ1n) is 7.13. The molecule has 1 aromatic rings. The fourth-order valence-electron chi connectivity index (χ4n) is 2.82. The highest BCUT2D eigenvalue weighted by Gasteiger charge is 2.39. The molecule has 1 saturated heterocycles. The van der Waals surface area contributed by atoms with Crippen LogP contribution in [0.1, 0.15) is 17.5 Å². The summed E-state index contributed by atoms with van der Waals surface area (Å²) in [4.78, 5) is 24.6. The lowest BCUT2D eigenvalue weighted by molar-refractivity contribution is -0.148. The molecule has 2 rings (SSSR count). The molecule has 0 aromatic heterocycles. The summed E-state index contributed by atoms with van der Waals surface area (Å²) in [7, 11) is -4.73. The molecule has 0 saturated carbocycles. The van der Waals surface area contributed by atoms with Gasteiger partial charge in [0.05, 0.1) is 17.4 Å². The summed E-state index contributed by atoms with van der Waals surface area (Å²) in [5, 5.41) is 18.3. The number of hydrogen-bond acceptors (Lipinski definition) is 5. The highest BCUT2D eigenvalue weighted by Crippen LogP contribution is 2.24. The Hall–Kier alpha value is -2.47. The molecule has 24 heavy (non-hydrogen) atoms. The van der Waals surface area contributed by atoms with Crippen LogP contribution in [0.15, 0.2) is 24.3 Å². The molecule has 0 radical (unpaired) electrons. The Kier molecular flexibility index (Phi) is 5.19. The Morgan fingerprint density at radius 2 is 2.21 bits per heavy atom. The third kappa shape index (κ3) is 4.52. The molecule has 1 fully saturated rings. The molecule has 0 spiro atoms. The van der Waals surface area contributed by atoms with Gasteiger partial charge in [0, 0.05) is 25.3 Å². The van der Waals surface area contributed by atoms with E-state index in [1.165, 1.54) is 6.07 Å². The Labute approximate surface area is 138 Å². The number of likely N-dealkylation sites (tertiary alicyclic amines) is 1. The topological polar surface area (TPSA) is 116 Å². The van der Waals surface area contributed by atoms with Crippen molar-refractivity contribution in [1.82, 2.24) is 4.90 Å². The van der Waals surface area contributed by atoms with E-state index >= 15 is 0 Å². The molecular formula is C15H15FN2O5S. The van der Waals surface area contributed by atoms with Crippen molar-refractivity contribution in [2.45, 2.75) is 18.9 Å². The zero-order valence-corrected chi connectivity index (χ0v) is 13.4. The van der Waals surface area contributed by atoms with Crippen LogP contribution in [0.5, 0.6) is 0 Å². The average Bonchev–Trinajstić information content (AvgIpc) is 2.82. The zero-order chi connectivity index (χ0) is 17.9. The van der Waals surface area contributed by atoms with Crippen LogP contribution >= 0.6 is 0 Å². The van der Waals surface area contributed by atoms with Gasteiger partial charge in [-0.15, -0.1) is 3.89 Å². The fraction of sp³-hybridized carbons (Fsp3) is 0.400. The van der Waals surface area contributed by atoms with Gasteiger partial charge in [0.1, 0.15) is 6.04 Å². The molecule has 1 unspecified atom stereocenters. The molecule has 0 bridgehead atoms. The predicted octanol–water partition coefficient (Wildman–Crippen LogP) is 0.702. The van der Waals surface area contributed by atoms with Crippen molar-refractivity contribution in [2.75, 3.05) is 12.3 Å². The third-order valence-corrected chi connectivity index (χ3v) is 4.69. The number of carboxylic acid groups (broad SMARTS) is 1. The van der Waals surface area contributed by atoms with Crippen LogP contribution in [0.25, 0.3) is 0 Å². The molecule has 0 aliphatic carbocycles. The number of carbonyl (C=O) groups excluding carboxylic acids is 1. The lowest BCUT2D eigenvalue weighted by Crippen LogP contribution is -2.43. The van der Waals surface area contributed by atoms with Crippen molar-refractivity contribution >= 4 is 22.1 Å². The molecule has 1 amide bonds. The van der Waals surface area contributed by atoms with Crippen LogP contribution in [0.3, 0.4) is 0 Å².